The van der Waals surface area contributed by atoms with Crippen LogP contribution < -0.4 is 0 Å². The fraction of sp³-hybridized carbons (Fsp3) is 0. The van der Waals surface area contributed by atoms with Gasteiger partial charge in [0.25, 0.3) is 0 Å². The zero-order valence-electron chi connectivity index (χ0n) is 33.1. The Hall–Kier alpha value is -7.23. The first-order valence-corrected chi connectivity index (χ1v) is 18.0. The maximum absolute atomic E-state index is 9.72. The quantitative estimate of drug-likeness (QED) is 0.129. The van der Waals surface area contributed by atoms with Crippen LogP contribution in [0.15, 0.2) is 200 Å². The average Bonchev–Trinajstić information content (AvgIpc) is 3.29. The molecule has 0 amide bonds. The largest absolute Gasteiger partial charge is 0.208 e. The third kappa shape index (κ3) is 5.60. The van der Waals surface area contributed by atoms with Crippen molar-refractivity contribution in [2.45, 2.75) is 0 Å². The van der Waals surface area contributed by atoms with Crippen LogP contribution in [0.3, 0.4) is 0 Å². The molecule has 0 aliphatic rings. The summed E-state index contributed by atoms with van der Waals surface area (Å²) in [5.41, 5.74) is 6.60. The summed E-state index contributed by atoms with van der Waals surface area (Å²) in [6.07, 6.45) is 0. The van der Waals surface area contributed by atoms with Crippen molar-refractivity contribution in [3.63, 3.8) is 0 Å². The van der Waals surface area contributed by atoms with Crippen molar-refractivity contribution in [2.24, 2.45) is 0 Å². The molecule has 0 radical (unpaired) electrons. The van der Waals surface area contributed by atoms with Crippen LogP contribution in [-0.2, 0) is 0 Å². The molecule has 0 saturated carbocycles. The molecule has 9 aromatic carbocycles. The number of rotatable bonds is 6. The molecular formula is C51H33N3. The molecule has 0 N–H and O–H groups in total. The number of nitrogens with zero attached hydrogens (tertiary/aromatic N) is 3. The van der Waals surface area contributed by atoms with Gasteiger partial charge in [-0.3, -0.25) is 0 Å². The van der Waals surface area contributed by atoms with E-state index in [0.29, 0.717) is 17.2 Å². The van der Waals surface area contributed by atoms with Gasteiger partial charge in [-0.2, -0.15) is 0 Å². The zero-order valence-corrected chi connectivity index (χ0v) is 29.1. The van der Waals surface area contributed by atoms with E-state index in [1.54, 1.807) is 0 Å². The second kappa shape index (κ2) is 13.4. The van der Waals surface area contributed by atoms with Crippen molar-refractivity contribution in [3.05, 3.63) is 200 Å². The lowest BCUT2D eigenvalue weighted by molar-refractivity contribution is 1.07. The van der Waals surface area contributed by atoms with Crippen LogP contribution in [0.2, 0.25) is 0 Å². The normalized spacial score (nSPS) is 12.4. The van der Waals surface area contributed by atoms with Crippen LogP contribution in [0, 0.1) is 0 Å². The maximum atomic E-state index is 9.72. The lowest BCUT2D eigenvalue weighted by Gasteiger charge is -2.19. The minimum atomic E-state index is -0.226. The van der Waals surface area contributed by atoms with Crippen molar-refractivity contribution in [2.75, 3.05) is 0 Å². The molecule has 1 aromatic heterocycles. The molecule has 3 heteroatoms. The zero-order chi connectivity index (χ0) is 39.3. The minimum absolute atomic E-state index is 0.0138. The summed E-state index contributed by atoms with van der Waals surface area (Å²) >= 11 is 0. The molecule has 54 heavy (non-hydrogen) atoms. The Morgan fingerprint density at radius 2 is 0.704 bits per heavy atom. The van der Waals surface area contributed by atoms with Gasteiger partial charge in [-0.05, 0) is 65.7 Å². The van der Waals surface area contributed by atoms with Gasteiger partial charge in [-0.1, -0.05) is 200 Å². The summed E-state index contributed by atoms with van der Waals surface area (Å²) in [6.45, 7) is 0. The fourth-order valence-corrected chi connectivity index (χ4v) is 7.45. The molecule has 0 bridgehead atoms. The van der Waals surface area contributed by atoms with Crippen LogP contribution in [0.5, 0.6) is 0 Å². The highest BCUT2D eigenvalue weighted by Crippen LogP contribution is 2.46. The Morgan fingerprint density at radius 1 is 0.278 bits per heavy atom. The highest BCUT2D eigenvalue weighted by Gasteiger charge is 2.19. The van der Waals surface area contributed by atoms with E-state index in [2.05, 4.69) is 54.6 Å². The van der Waals surface area contributed by atoms with Crippen molar-refractivity contribution in [1.29, 1.82) is 0 Å². The number of hydrogen-bond acceptors (Lipinski definition) is 3. The van der Waals surface area contributed by atoms with Crippen LogP contribution in [-0.4, -0.2) is 15.0 Å². The molecule has 0 aliphatic heterocycles. The van der Waals surface area contributed by atoms with Gasteiger partial charge in [0.15, 0.2) is 17.5 Å². The molecule has 0 atom stereocenters. The second-order valence-corrected chi connectivity index (χ2v) is 13.2. The van der Waals surface area contributed by atoms with E-state index in [-0.39, 0.29) is 41.1 Å². The van der Waals surface area contributed by atoms with Crippen LogP contribution in [0.25, 0.3) is 99.9 Å². The third-order valence-electron chi connectivity index (χ3n) is 9.99. The van der Waals surface area contributed by atoms with Crippen LogP contribution in [0.1, 0.15) is 5.48 Å². The van der Waals surface area contributed by atoms with Gasteiger partial charge in [0, 0.05) is 16.7 Å². The highest BCUT2D eigenvalue weighted by atomic mass is 15.0. The number of benzene rings is 9. The van der Waals surface area contributed by atoms with E-state index in [1.807, 2.05) is 121 Å². The van der Waals surface area contributed by atoms with Gasteiger partial charge in [-0.25, -0.2) is 15.0 Å². The molecule has 0 spiro atoms. The lowest BCUT2D eigenvalue weighted by atomic mass is 9.84. The van der Waals surface area contributed by atoms with Gasteiger partial charge < -0.3 is 0 Å². The van der Waals surface area contributed by atoms with Crippen molar-refractivity contribution in [1.82, 2.24) is 15.0 Å². The molecule has 0 aliphatic carbocycles. The molecule has 0 unspecified atom stereocenters. The first-order chi connectivity index (χ1) is 28.5. The molecular weight excluding hydrogens is 655 g/mol. The molecule has 252 valence electrons. The maximum Gasteiger partial charge on any atom is 0.164 e. The van der Waals surface area contributed by atoms with Crippen molar-refractivity contribution < 1.29 is 5.48 Å². The van der Waals surface area contributed by atoms with E-state index in [1.165, 1.54) is 0 Å². The third-order valence-corrected chi connectivity index (χ3v) is 9.99. The Labute approximate surface area is 319 Å². The molecule has 3 nitrogen and oxygen atoms in total. The second-order valence-electron chi connectivity index (χ2n) is 13.2. The topological polar surface area (TPSA) is 38.7 Å². The van der Waals surface area contributed by atoms with Crippen molar-refractivity contribution in [3.8, 4) is 67.5 Å². The van der Waals surface area contributed by atoms with E-state index >= 15 is 0 Å². The number of fused-ring (bicyclic) bond motifs is 4. The van der Waals surface area contributed by atoms with Gasteiger partial charge in [0.2, 0.25) is 0 Å². The van der Waals surface area contributed by atoms with E-state index in [4.69, 9.17) is 15.0 Å². The summed E-state index contributed by atoms with van der Waals surface area (Å²) in [5, 5.41) is 5.61. The highest BCUT2D eigenvalue weighted by molar-refractivity contribution is 6.27. The monoisotopic (exact) mass is 691 g/mol. The molecule has 1 heterocycles. The number of hydrogen-bond donors (Lipinski definition) is 0. The molecule has 10 aromatic rings. The first-order valence-electron chi connectivity index (χ1n) is 20.0. The van der Waals surface area contributed by atoms with Gasteiger partial charge >= 0.3 is 0 Å². The van der Waals surface area contributed by atoms with E-state index in [0.717, 1.165) is 65.7 Å². The summed E-state index contributed by atoms with van der Waals surface area (Å²) in [4.78, 5) is 14.6. The Bertz CT molecular complexity index is 3160. The Balaban J connectivity index is 1.23. The van der Waals surface area contributed by atoms with Gasteiger partial charge in [0.1, 0.15) is 0 Å². The Morgan fingerprint density at radius 3 is 1.33 bits per heavy atom. The van der Waals surface area contributed by atoms with E-state index < -0.39 is 0 Å². The molecule has 0 fully saturated rings. The summed E-state index contributed by atoms with van der Waals surface area (Å²) in [5.74, 6) is 0.803. The van der Waals surface area contributed by atoms with Crippen LogP contribution >= 0.6 is 0 Å². The smallest absolute Gasteiger partial charge is 0.164 e. The Kier molecular flexibility index (Phi) is 6.80. The average molecular weight is 692 g/mol. The van der Waals surface area contributed by atoms with E-state index in [9.17, 15) is 5.48 Å². The number of aromatic nitrogens is 3. The summed E-state index contributed by atoms with van der Waals surface area (Å²) in [6, 6.07) is 57.5. The summed E-state index contributed by atoms with van der Waals surface area (Å²) < 4.78 is 38.6. The predicted molar refractivity (Wildman–Crippen MR) is 225 cm³/mol. The predicted octanol–water partition coefficient (Wildman–Crippen LogP) is 13.3. The summed E-state index contributed by atoms with van der Waals surface area (Å²) in [7, 11) is 0. The molecule has 0 saturated heterocycles. The lowest BCUT2D eigenvalue weighted by Crippen LogP contribution is -2.00. The molecule has 10 rings (SSSR count). The standard InChI is InChI=1S/C51H33N3/c1-4-14-34(15-5-1)35-24-28-40(29-25-35)50-52-49(39-19-8-3-9-20-39)53-51(54-50)41-30-26-38(27-31-41)47-44-23-13-12-22-43(44)46(37-17-6-2-7-18-37)45-33-32-36-16-10-11-21-42(36)48(45)47/h1-33H/i26D,27D,30D,31D. The van der Waals surface area contributed by atoms with Gasteiger partial charge in [0.05, 0.1) is 5.48 Å². The minimum Gasteiger partial charge on any atom is -0.208 e. The van der Waals surface area contributed by atoms with Gasteiger partial charge in [-0.15, -0.1) is 0 Å². The SMILES string of the molecule is [2H]c1c([2H])c(-c2c3ccccc3c(-c3ccccc3)c3ccc4ccccc4c23)c([2H])c([2H])c1-c1nc(-c2ccccc2)nc(-c2ccc(-c3ccccc3)cc2)n1. The van der Waals surface area contributed by atoms with Crippen LogP contribution in [0.4, 0.5) is 0 Å². The van der Waals surface area contributed by atoms with Crippen molar-refractivity contribution >= 4 is 32.3 Å². The fourth-order valence-electron chi connectivity index (χ4n) is 7.45. The first kappa shape index (κ1) is 27.4.